The molecular formula is C27H29BrN4. The SMILES string of the molecule is C[C@H]1C[C@H](Nc2ncnc3c2c(-c2ccccc2)cn3-c2ccc(Br)cc2)CC(C)(C)C1. The Kier molecular flexibility index (Phi) is 5.54. The van der Waals surface area contributed by atoms with Crippen molar-refractivity contribution >= 4 is 32.8 Å². The molecule has 2 heterocycles. The third-order valence-electron chi connectivity index (χ3n) is 6.50. The van der Waals surface area contributed by atoms with E-state index in [2.05, 4.69) is 107 Å². The summed E-state index contributed by atoms with van der Waals surface area (Å²) in [5.41, 5.74) is 4.66. The lowest BCUT2D eigenvalue weighted by Crippen LogP contribution is -2.35. The van der Waals surface area contributed by atoms with Gasteiger partial charge in [-0.1, -0.05) is 67.0 Å². The highest BCUT2D eigenvalue weighted by atomic mass is 79.9. The summed E-state index contributed by atoms with van der Waals surface area (Å²) in [6, 6.07) is 19.3. The van der Waals surface area contributed by atoms with Crippen LogP contribution in [0, 0.1) is 11.3 Å². The molecule has 5 rings (SSSR count). The number of benzene rings is 2. The lowest BCUT2D eigenvalue weighted by molar-refractivity contribution is 0.178. The fourth-order valence-electron chi connectivity index (χ4n) is 5.46. The monoisotopic (exact) mass is 488 g/mol. The lowest BCUT2D eigenvalue weighted by Gasteiger charge is -2.39. The van der Waals surface area contributed by atoms with Crippen molar-refractivity contribution in [2.45, 2.75) is 46.1 Å². The Morgan fingerprint density at radius 3 is 2.47 bits per heavy atom. The van der Waals surface area contributed by atoms with Crippen molar-refractivity contribution in [1.29, 1.82) is 0 Å². The Morgan fingerprint density at radius 1 is 1.00 bits per heavy atom. The van der Waals surface area contributed by atoms with Crippen molar-refractivity contribution in [3.05, 3.63) is 71.6 Å². The maximum absolute atomic E-state index is 4.74. The third-order valence-corrected chi connectivity index (χ3v) is 7.03. The van der Waals surface area contributed by atoms with E-state index >= 15 is 0 Å². The molecule has 0 unspecified atom stereocenters. The van der Waals surface area contributed by atoms with Gasteiger partial charge in [-0.15, -0.1) is 0 Å². The summed E-state index contributed by atoms with van der Waals surface area (Å²) < 4.78 is 3.23. The van der Waals surface area contributed by atoms with Gasteiger partial charge in [-0.05, 0) is 60.4 Å². The summed E-state index contributed by atoms with van der Waals surface area (Å²) in [6.07, 6.45) is 7.47. The first-order chi connectivity index (χ1) is 15.4. The maximum atomic E-state index is 4.74. The van der Waals surface area contributed by atoms with Crippen molar-refractivity contribution in [2.24, 2.45) is 11.3 Å². The summed E-state index contributed by atoms with van der Waals surface area (Å²) in [4.78, 5) is 9.46. The highest BCUT2D eigenvalue weighted by molar-refractivity contribution is 9.10. The summed E-state index contributed by atoms with van der Waals surface area (Å²) in [5, 5.41) is 4.90. The van der Waals surface area contributed by atoms with Crippen LogP contribution in [-0.4, -0.2) is 20.6 Å². The first kappa shape index (κ1) is 21.2. The van der Waals surface area contributed by atoms with Crippen molar-refractivity contribution in [3.63, 3.8) is 0 Å². The highest BCUT2D eigenvalue weighted by Gasteiger charge is 2.32. The fraction of sp³-hybridized carbons (Fsp3) is 0.333. The van der Waals surface area contributed by atoms with E-state index in [1.165, 1.54) is 18.4 Å². The van der Waals surface area contributed by atoms with Crippen LogP contribution < -0.4 is 5.32 Å². The molecule has 0 amide bonds. The predicted molar refractivity (Wildman–Crippen MR) is 136 cm³/mol. The summed E-state index contributed by atoms with van der Waals surface area (Å²) >= 11 is 3.55. The summed E-state index contributed by atoms with van der Waals surface area (Å²) in [5.74, 6) is 1.63. The topological polar surface area (TPSA) is 42.7 Å². The van der Waals surface area contributed by atoms with E-state index in [0.717, 1.165) is 39.0 Å². The molecule has 0 radical (unpaired) electrons. The number of hydrogen-bond donors (Lipinski definition) is 1. The molecule has 32 heavy (non-hydrogen) atoms. The number of nitrogens with zero attached hydrogens (tertiary/aromatic N) is 3. The molecule has 0 saturated heterocycles. The predicted octanol–water partition coefficient (Wildman–Crippen LogP) is 7.48. The van der Waals surface area contributed by atoms with Gasteiger partial charge in [0.05, 0.1) is 5.39 Å². The van der Waals surface area contributed by atoms with E-state index in [1.54, 1.807) is 6.33 Å². The summed E-state index contributed by atoms with van der Waals surface area (Å²) in [7, 11) is 0. The van der Waals surface area contributed by atoms with Crippen LogP contribution in [0.4, 0.5) is 5.82 Å². The molecule has 5 heteroatoms. The quantitative estimate of drug-likeness (QED) is 0.323. The Hall–Kier alpha value is -2.66. The van der Waals surface area contributed by atoms with E-state index in [0.29, 0.717) is 17.4 Å². The number of fused-ring (bicyclic) bond motifs is 1. The minimum atomic E-state index is 0.340. The van der Waals surface area contributed by atoms with E-state index in [-0.39, 0.29) is 0 Å². The van der Waals surface area contributed by atoms with Gasteiger partial charge in [0, 0.05) is 28.0 Å². The van der Waals surface area contributed by atoms with Gasteiger partial charge in [0.15, 0.2) is 5.65 Å². The van der Waals surface area contributed by atoms with Crippen LogP contribution >= 0.6 is 15.9 Å². The molecule has 0 bridgehead atoms. The number of anilines is 1. The molecule has 0 spiro atoms. The summed E-state index contributed by atoms with van der Waals surface area (Å²) in [6.45, 7) is 7.13. The van der Waals surface area contributed by atoms with Crippen molar-refractivity contribution in [1.82, 2.24) is 14.5 Å². The normalized spacial score (nSPS) is 20.4. The van der Waals surface area contributed by atoms with Crippen LogP contribution in [0.5, 0.6) is 0 Å². The standard InChI is InChI=1S/C27H29BrN4/c1-18-13-21(15-27(2,3)14-18)31-25-24-23(19-7-5-4-6-8-19)16-32(26(24)30-17-29-25)22-11-9-20(28)10-12-22/h4-12,16-18,21H,13-15H2,1-3H3,(H,29,30,31)/t18-,21-/m0/s1. The molecular weight excluding hydrogens is 460 g/mol. The second-order valence-electron chi connectivity index (χ2n) is 9.93. The molecule has 1 saturated carbocycles. The number of halogens is 1. The van der Waals surface area contributed by atoms with Gasteiger partial charge in [0.2, 0.25) is 0 Å². The zero-order valence-corrected chi connectivity index (χ0v) is 20.4. The number of hydrogen-bond acceptors (Lipinski definition) is 3. The third kappa shape index (κ3) is 4.18. The molecule has 4 aromatic rings. The number of nitrogens with one attached hydrogen (secondary N) is 1. The fourth-order valence-corrected chi connectivity index (χ4v) is 5.72. The van der Waals surface area contributed by atoms with E-state index in [9.17, 15) is 0 Å². The Morgan fingerprint density at radius 2 is 1.75 bits per heavy atom. The van der Waals surface area contributed by atoms with Crippen molar-refractivity contribution < 1.29 is 0 Å². The molecule has 4 nitrogen and oxygen atoms in total. The number of aromatic nitrogens is 3. The minimum Gasteiger partial charge on any atom is -0.367 e. The van der Waals surface area contributed by atoms with Gasteiger partial charge >= 0.3 is 0 Å². The molecule has 1 N–H and O–H groups in total. The van der Waals surface area contributed by atoms with Gasteiger partial charge in [-0.3, -0.25) is 0 Å². The molecule has 1 fully saturated rings. The van der Waals surface area contributed by atoms with Crippen LogP contribution in [0.1, 0.15) is 40.0 Å². The molecule has 164 valence electrons. The first-order valence-electron chi connectivity index (χ1n) is 11.3. The van der Waals surface area contributed by atoms with E-state index in [1.807, 2.05) is 0 Å². The zero-order chi connectivity index (χ0) is 22.3. The molecule has 2 aromatic carbocycles. The van der Waals surface area contributed by atoms with Crippen molar-refractivity contribution in [3.8, 4) is 16.8 Å². The lowest BCUT2D eigenvalue weighted by atomic mass is 9.70. The average Bonchev–Trinajstić information content (AvgIpc) is 3.14. The largest absolute Gasteiger partial charge is 0.367 e. The van der Waals surface area contributed by atoms with Gasteiger partial charge in [-0.25, -0.2) is 9.97 Å². The van der Waals surface area contributed by atoms with Crippen LogP contribution in [0.15, 0.2) is 71.6 Å². The van der Waals surface area contributed by atoms with Gasteiger partial charge in [-0.2, -0.15) is 0 Å². The maximum Gasteiger partial charge on any atom is 0.150 e. The smallest absolute Gasteiger partial charge is 0.150 e. The highest BCUT2D eigenvalue weighted by Crippen LogP contribution is 2.41. The molecule has 2 atom stereocenters. The van der Waals surface area contributed by atoms with Crippen LogP contribution in [-0.2, 0) is 0 Å². The molecule has 1 aliphatic rings. The Labute approximate surface area is 198 Å². The average molecular weight is 489 g/mol. The number of rotatable bonds is 4. The first-order valence-corrected chi connectivity index (χ1v) is 12.1. The Bertz CT molecular complexity index is 1230. The molecule has 0 aliphatic heterocycles. The Balaban J connectivity index is 1.65. The van der Waals surface area contributed by atoms with E-state index < -0.39 is 0 Å². The second-order valence-corrected chi connectivity index (χ2v) is 10.8. The van der Waals surface area contributed by atoms with Crippen LogP contribution in [0.2, 0.25) is 0 Å². The van der Waals surface area contributed by atoms with Gasteiger partial charge in [0.25, 0.3) is 0 Å². The zero-order valence-electron chi connectivity index (χ0n) is 18.8. The van der Waals surface area contributed by atoms with Gasteiger partial charge in [0.1, 0.15) is 12.1 Å². The molecule has 1 aliphatic carbocycles. The molecule has 2 aromatic heterocycles. The van der Waals surface area contributed by atoms with Crippen LogP contribution in [0.3, 0.4) is 0 Å². The van der Waals surface area contributed by atoms with Crippen LogP contribution in [0.25, 0.3) is 27.8 Å². The minimum absolute atomic E-state index is 0.340. The van der Waals surface area contributed by atoms with Gasteiger partial charge < -0.3 is 9.88 Å². The van der Waals surface area contributed by atoms with E-state index in [4.69, 9.17) is 9.97 Å². The van der Waals surface area contributed by atoms with Crippen molar-refractivity contribution in [2.75, 3.05) is 5.32 Å². The second kappa shape index (κ2) is 8.36.